The zero-order valence-corrected chi connectivity index (χ0v) is 10.4. The predicted octanol–water partition coefficient (Wildman–Crippen LogP) is 3.95. The molecule has 0 amide bonds. The first-order valence-corrected chi connectivity index (χ1v) is 7.24. The molecule has 17 heavy (non-hydrogen) atoms. The molecule has 0 atom stereocenters. The third-order valence-corrected chi connectivity index (χ3v) is 3.34. The second-order valence-corrected chi connectivity index (χ2v) is 5.76. The Bertz CT molecular complexity index is 437. The van der Waals surface area contributed by atoms with Crippen LogP contribution in [0.25, 0.3) is 0 Å². The van der Waals surface area contributed by atoms with Gasteiger partial charge in [-0.2, -0.15) is 0 Å². The monoisotopic (exact) mass is 276 g/mol. The Labute approximate surface area is 103 Å². The van der Waals surface area contributed by atoms with Crippen LogP contribution >= 0.6 is 18.2 Å². The standard InChI is InChI=1S/C10H10ClO5P/c11-17(12,15-7-9-3-1-5-13-9)16-8-10-4-2-6-14-10/h1-6H,7-8H2. The summed E-state index contributed by atoms with van der Waals surface area (Å²) in [5.74, 6) is 1.04. The van der Waals surface area contributed by atoms with Crippen LogP contribution in [0, 0.1) is 0 Å². The maximum Gasteiger partial charge on any atom is 0.425 e. The zero-order chi connectivity index (χ0) is 12.1. The molecule has 0 aliphatic heterocycles. The Morgan fingerprint density at radius 3 is 1.88 bits per heavy atom. The highest BCUT2D eigenvalue weighted by Gasteiger charge is 2.22. The molecule has 2 aromatic heterocycles. The van der Waals surface area contributed by atoms with Crippen molar-refractivity contribution in [3.8, 4) is 0 Å². The Kier molecular flexibility index (Phi) is 4.07. The molecule has 7 heteroatoms. The van der Waals surface area contributed by atoms with Crippen molar-refractivity contribution in [2.24, 2.45) is 0 Å². The van der Waals surface area contributed by atoms with E-state index in [1.165, 1.54) is 12.5 Å². The maximum absolute atomic E-state index is 11.6. The highest BCUT2D eigenvalue weighted by atomic mass is 35.7. The lowest BCUT2D eigenvalue weighted by Gasteiger charge is -2.09. The summed E-state index contributed by atoms with van der Waals surface area (Å²) in [6.45, 7) is -3.64. The predicted molar refractivity (Wildman–Crippen MR) is 60.5 cm³/mol. The minimum Gasteiger partial charge on any atom is -0.467 e. The number of rotatable bonds is 6. The van der Waals surface area contributed by atoms with Crippen molar-refractivity contribution >= 4 is 18.2 Å². The third kappa shape index (κ3) is 4.06. The van der Waals surface area contributed by atoms with Gasteiger partial charge in [0.2, 0.25) is 0 Å². The van der Waals surface area contributed by atoms with Crippen LogP contribution in [0.15, 0.2) is 45.6 Å². The molecular formula is C10H10ClO5P. The fraction of sp³-hybridized carbons (Fsp3) is 0.200. The smallest absolute Gasteiger partial charge is 0.425 e. The van der Waals surface area contributed by atoms with E-state index < -0.39 is 6.95 Å². The molecule has 0 aliphatic rings. The Morgan fingerprint density at radius 1 is 1.06 bits per heavy atom. The topological polar surface area (TPSA) is 61.8 Å². The molecule has 0 unspecified atom stereocenters. The van der Waals surface area contributed by atoms with Gasteiger partial charge in [-0.25, -0.2) is 4.57 Å². The van der Waals surface area contributed by atoms with Crippen LogP contribution in [-0.4, -0.2) is 0 Å². The van der Waals surface area contributed by atoms with E-state index in [2.05, 4.69) is 0 Å². The average Bonchev–Trinajstić information content (AvgIpc) is 2.97. The van der Waals surface area contributed by atoms with Crippen molar-refractivity contribution in [3.63, 3.8) is 0 Å². The Balaban J connectivity index is 1.80. The second kappa shape index (κ2) is 5.56. The SMILES string of the molecule is O=P(Cl)(OCc1ccco1)OCc1ccco1. The van der Waals surface area contributed by atoms with Gasteiger partial charge in [0.15, 0.2) is 0 Å². The lowest BCUT2D eigenvalue weighted by atomic mass is 10.5. The van der Waals surface area contributed by atoms with Crippen LogP contribution in [-0.2, 0) is 26.8 Å². The molecule has 0 aromatic carbocycles. The molecule has 0 saturated carbocycles. The summed E-state index contributed by atoms with van der Waals surface area (Å²) < 4.78 is 31.5. The van der Waals surface area contributed by atoms with E-state index in [1.54, 1.807) is 24.3 Å². The number of hydrogen-bond acceptors (Lipinski definition) is 5. The zero-order valence-electron chi connectivity index (χ0n) is 8.74. The number of hydrogen-bond donors (Lipinski definition) is 0. The van der Waals surface area contributed by atoms with Crippen LogP contribution < -0.4 is 0 Å². The molecule has 0 spiro atoms. The van der Waals surface area contributed by atoms with Gasteiger partial charge in [0, 0.05) is 11.2 Å². The van der Waals surface area contributed by atoms with Gasteiger partial charge >= 0.3 is 6.95 Å². The molecule has 0 aliphatic carbocycles. The van der Waals surface area contributed by atoms with E-state index in [0.29, 0.717) is 11.5 Å². The quantitative estimate of drug-likeness (QED) is 0.748. The largest absolute Gasteiger partial charge is 0.467 e. The molecular weight excluding hydrogens is 267 g/mol. The number of furan rings is 2. The van der Waals surface area contributed by atoms with Crippen molar-refractivity contribution in [3.05, 3.63) is 48.3 Å². The molecule has 0 fully saturated rings. The summed E-state index contributed by atoms with van der Waals surface area (Å²) in [6, 6.07) is 6.76. The van der Waals surface area contributed by atoms with E-state index >= 15 is 0 Å². The summed E-state index contributed by atoms with van der Waals surface area (Å²) in [5, 5.41) is 0. The van der Waals surface area contributed by atoms with Gasteiger partial charge in [0.1, 0.15) is 24.7 Å². The van der Waals surface area contributed by atoms with Crippen molar-refractivity contribution in [1.29, 1.82) is 0 Å². The molecule has 0 radical (unpaired) electrons. The van der Waals surface area contributed by atoms with Crippen LogP contribution in [0.2, 0.25) is 0 Å². The second-order valence-electron chi connectivity index (χ2n) is 3.14. The van der Waals surface area contributed by atoms with Gasteiger partial charge in [-0.3, -0.25) is 9.05 Å². The van der Waals surface area contributed by atoms with E-state index in [1.807, 2.05) is 0 Å². The minimum absolute atomic E-state index is 0.00800. The lowest BCUT2D eigenvalue weighted by Crippen LogP contribution is -1.91. The van der Waals surface area contributed by atoms with Crippen molar-refractivity contribution in [2.75, 3.05) is 0 Å². The first-order valence-electron chi connectivity index (χ1n) is 4.79. The average molecular weight is 277 g/mol. The summed E-state index contributed by atoms with van der Waals surface area (Å²) in [4.78, 5) is 0. The highest BCUT2D eigenvalue weighted by molar-refractivity contribution is 7.81. The minimum atomic E-state index is -3.62. The Hall–Kier alpha value is -1.00. The van der Waals surface area contributed by atoms with Gasteiger partial charge in [-0.05, 0) is 24.3 Å². The Morgan fingerprint density at radius 2 is 1.53 bits per heavy atom. The third-order valence-electron chi connectivity index (χ3n) is 1.88. The van der Waals surface area contributed by atoms with Gasteiger partial charge < -0.3 is 8.83 Å². The molecule has 2 heterocycles. The lowest BCUT2D eigenvalue weighted by molar-refractivity contribution is 0.183. The summed E-state index contributed by atoms with van der Waals surface area (Å²) in [7, 11) is 0. The van der Waals surface area contributed by atoms with Crippen molar-refractivity contribution < 1.29 is 22.4 Å². The molecule has 0 saturated heterocycles. The molecule has 0 bridgehead atoms. The molecule has 92 valence electrons. The van der Waals surface area contributed by atoms with Crippen LogP contribution in [0.5, 0.6) is 0 Å². The summed E-state index contributed by atoms with van der Waals surface area (Å²) >= 11 is 5.60. The van der Waals surface area contributed by atoms with Gasteiger partial charge in [-0.1, -0.05) is 0 Å². The summed E-state index contributed by atoms with van der Waals surface area (Å²) in [5.41, 5.74) is 0. The highest BCUT2D eigenvalue weighted by Crippen LogP contribution is 2.54. The first-order chi connectivity index (χ1) is 8.16. The van der Waals surface area contributed by atoms with E-state index in [9.17, 15) is 4.57 Å². The molecule has 0 N–H and O–H groups in total. The molecule has 5 nitrogen and oxygen atoms in total. The fourth-order valence-corrected chi connectivity index (χ4v) is 2.04. The van der Waals surface area contributed by atoms with Crippen LogP contribution in [0.1, 0.15) is 11.5 Å². The fourth-order valence-electron chi connectivity index (χ4n) is 1.11. The van der Waals surface area contributed by atoms with Gasteiger partial charge in [-0.15, -0.1) is 0 Å². The van der Waals surface area contributed by atoms with Gasteiger partial charge in [0.25, 0.3) is 0 Å². The van der Waals surface area contributed by atoms with Crippen LogP contribution in [0.3, 0.4) is 0 Å². The van der Waals surface area contributed by atoms with Crippen molar-refractivity contribution in [2.45, 2.75) is 13.2 Å². The first kappa shape index (κ1) is 12.5. The summed E-state index contributed by atoms with van der Waals surface area (Å²) in [6.07, 6.45) is 2.98. The van der Waals surface area contributed by atoms with Gasteiger partial charge in [0.05, 0.1) is 12.5 Å². The van der Waals surface area contributed by atoms with Crippen LogP contribution in [0.4, 0.5) is 0 Å². The number of halogens is 1. The van der Waals surface area contributed by atoms with E-state index in [4.69, 9.17) is 29.1 Å². The maximum atomic E-state index is 11.6. The van der Waals surface area contributed by atoms with E-state index in [-0.39, 0.29) is 13.2 Å². The molecule has 2 aromatic rings. The van der Waals surface area contributed by atoms with Crippen molar-refractivity contribution in [1.82, 2.24) is 0 Å². The molecule has 2 rings (SSSR count). The normalized spacial score (nSPS) is 11.8. The van der Waals surface area contributed by atoms with E-state index in [0.717, 1.165) is 0 Å².